The zero-order chi connectivity index (χ0) is 10.7. The summed E-state index contributed by atoms with van der Waals surface area (Å²) in [7, 11) is 0. The Labute approximate surface area is 99.4 Å². The van der Waals surface area contributed by atoms with Gasteiger partial charge in [0.1, 0.15) is 0 Å². The molecule has 1 aromatic rings. The van der Waals surface area contributed by atoms with Crippen molar-refractivity contribution in [3.05, 3.63) is 17.4 Å². The summed E-state index contributed by atoms with van der Waals surface area (Å²) in [5.41, 5.74) is 0. The van der Waals surface area contributed by atoms with Gasteiger partial charge in [-0.05, 0) is 19.3 Å². The Morgan fingerprint density at radius 1 is 1.33 bits per heavy atom. The summed E-state index contributed by atoms with van der Waals surface area (Å²) in [6, 6.07) is 0.560. The molecule has 1 fully saturated rings. The summed E-state index contributed by atoms with van der Waals surface area (Å²) < 4.78 is 0. The van der Waals surface area contributed by atoms with Crippen molar-refractivity contribution in [2.24, 2.45) is 0 Å². The van der Waals surface area contributed by atoms with Gasteiger partial charge < -0.3 is 4.90 Å². The number of aromatic nitrogens is 2. The van der Waals surface area contributed by atoms with Gasteiger partial charge in [-0.1, -0.05) is 11.6 Å². The number of hydrogen-bond acceptors (Lipinski definition) is 3. The number of halogens is 2. The molecule has 82 valence electrons. The number of rotatable bonds is 4. The Balaban J connectivity index is 2.12. The lowest BCUT2D eigenvalue weighted by Crippen LogP contribution is -2.42. The second-order valence-corrected chi connectivity index (χ2v) is 4.48. The van der Waals surface area contributed by atoms with Crippen molar-refractivity contribution in [3.8, 4) is 0 Å². The van der Waals surface area contributed by atoms with Crippen LogP contribution < -0.4 is 4.90 Å². The lowest BCUT2D eigenvalue weighted by Gasteiger charge is -2.37. The molecule has 3 nitrogen and oxygen atoms in total. The maximum Gasteiger partial charge on any atom is 0.225 e. The molecule has 0 saturated heterocycles. The number of hydrogen-bond donors (Lipinski definition) is 0. The third kappa shape index (κ3) is 2.52. The minimum absolute atomic E-state index is 0.560. The van der Waals surface area contributed by atoms with Crippen molar-refractivity contribution >= 4 is 29.2 Å². The summed E-state index contributed by atoms with van der Waals surface area (Å²) >= 11 is 11.5. The van der Waals surface area contributed by atoms with E-state index in [0.717, 1.165) is 12.5 Å². The summed E-state index contributed by atoms with van der Waals surface area (Å²) in [4.78, 5) is 10.6. The van der Waals surface area contributed by atoms with Crippen molar-refractivity contribution in [3.63, 3.8) is 0 Å². The number of alkyl halides is 1. The van der Waals surface area contributed by atoms with Crippen LogP contribution in [0.3, 0.4) is 0 Å². The first-order valence-corrected chi connectivity index (χ1v) is 6.02. The SMILES string of the molecule is ClCCN(c1ncc(Cl)cn1)C1CCC1. The van der Waals surface area contributed by atoms with Crippen LogP contribution in [0, 0.1) is 0 Å². The predicted molar refractivity (Wildman–Crippen MR) is 62.7 cm³/mol. The van der Waals surface area contributed by atoms with Crippen LogP contribution in [-0.4, -0.2) is 28.4 Å². The molecular weight excluding hydrogens is 233 g/mol. The summed E-state index contributed by atoms with van der Waals surface area (Å²) in [6.45, 7) is 0.799. The van der Waals surface area contributed by atoms with Gasteiger partial charge in [0, 0.05) is 18.5 Å². The van der Waals surface area contributed by atoms with Crippen molar-refractivity contribution in [2.45, 2.75) is 25.3 Å². The average molecular weight is 246 g/mol. The molecule has 0 unspecified atom stereocenters. The molecular formula is C10H13Cl2N3. The lowest BCUT2D eigenvalue weighted by atomic mass is 9.92. The fourth-order valence-electron chi connectivity index (χ4n) is 1.69. The topological polar surface area (TPSA) is 29.0 Å². The van der Waals surface area contributed by atoms with Crippen molar-refractivity contribution in [1.82, 2.24) is 9.97 Å². The molecule has 0 aliphatic heterocycles. The molecule has 0 radical (unpaired) electrons. The van der Waals surface area contributed by atoms with Crippen molar-refractivity contribution in [2.75, 3.05) is 17.3 Å². The van der Waals surface area contributed by atoms with E-state index in [4.69, 9.17) is 23.2 Å². The molecule has 15 heavy (non-hydrogen) atoms. The van der Waals surface area contributed by atoms with E-state index in [2.05, 4.69) is 14.9 Å². The van der Waals surface area contributed by atoms with Gasteiger partial charge in [0.05, 0.1) is 17.4 Å². The quantitative estimate of drug-likeness (QED) is 0.765. The first-order chi connectivity index (χ1) is 7.31. The number of nitrogens with zero attached hydrogens (tertiary/aromatic N) is 3. The highest BCUT2D eigenvalue weighted by atomic mass is 35.5. The smallest absolute Gasteiger partial charge is 0.225 e. The fourth-order valence-corrected chi connectivity index (χ4v) is 1.97. The molecule has 1 aromatic heterocycles. The van der Waals surface area contributed by atoms with Crippen LogP contribution in [0.2, 0.25) is 5.02 Å². The highest BCUT2D eigenvalue weighted by molar-refractivity contribution is 6.30. The van der Waals surface area contributed by atoms with E-state index in [9.17, 15) is 0 Å². The Hall–Kier alpha value is -0.540. The van der Waals surface area contributed by atoms with Gasteiger partial charge in [0.25, 0.3) is 0 Å². The van der Waals surface area contributed by atoms with Gasteiger partial charge in [-0.2, -0.15) is 0 Å². The first-order valence-electron chi connectivity index (χ1n) is 5.11. The molecule has 0 amide bonds. The highest BCUT2D eigenvalue weighted by Crippen LogP contribution is 2.27. The zero-order valence-corrected chi connectivity index (χ0v) is 9.88. The van der Waals surface area contributed by atoms with Gasteiger partial charge in [-0.3, -0.25) is 0 Å². The minimum Gasteiger partial charge on any atom is -0.337 e. The van der Waals surface area contributed by atoms with Gasteiger partial charge in [-0.15, -0.1) is 11.6 Å². The molecule has 0 atom stereocenters. The van der Waals surface area contributed by atoms with Crippen LogP contribution in [0.25, 0.3) is 0 Å². The average Bonchev–Trinajstić information content (AvgIpc) is 2.16. The highest BCUT2D eigenvalue weighted by Gasteiger charge is 2.26. The normalized spacial score (nSPS) is 16.1. The molecule has 0 aromatic carbocycles. The van der Waals surface area contributed by atoms with E-state index in [-0.39, 0.29) is 0 Å². The molecule has 1 heterocycles. The number of anilines is 1. The third-order valence-electron chi connectivity index (χ3n) is 2.70. The van der Waals surface area contributed by atoms with Crippen LogP contribution in [0.1, 0.15) is 19.3 Å². The summed E-state index contributed by atoms with van der Waals surface area (Å²) in [5, 5.41) is 0.568. The Morgan fingerprint density at radius 3 is 2.47 bits per heavy atom. The Bertz CT molecular complexity index is 311. The van der Waals surface area contributed by atoms with E-state index in [0.29, 0.717) is 16.9 Å². The standard InChI is InChI=1S/C10H13Cl2N3/c11-4-5-15(9-2-1-3-9)10-13-6-8(12)7-14-10/h6-7,9H,1-5H2. The second-order valence-electron chi connectivity index (χ2n) is 3.67. The monoisotopic (exact) mass is 245 g/mol. The molecule has 2 rings (SSSR count). The molecule has 5 heteroatoms. The van der Waals surface area contributed by atoms with E-state index >= 15 is 0 Å². The largest absolute Gasteiger partial charge is 0.337 e. The van der Waals surface area contributed by atoms with Gasteiger partial charge >= 0.3 is 0 Å². The van der Waals surface area contributed by atoms with Crippen LogP contribution >= 0.6 is 23.2 Å². The maximum atomic E-state index is 5.78. The molecule has 1 aliphatic carbocycles. The molecule has 0 spiro atoms. The van der Waals surface area contributed by atoms with Gasteiger partial charge in [0.2, 0.25) is 5.95 Å². The molecule has 1 saturated carbocycles. The van der Waals surface area contributed by atoms with Gasteiger partial charge in [-0.25, -0.2) is 9.97 Å². The molecule has 1 aliphatic rings. The zero-order valence-electron chi connectivity index (χ0n) is 8.37. The van der Waals surface area contributed by atoms with Gasteiger partial charge in [0.15, 0.2) is 0 Å². The van der Waals surface area contributed by atoms with Crippen LogP contribution in [0.5, 0.6) is 0 Å². The van der Waals surface area contributed by atoms with Crippen LogP contribution in [-0.2, 0) is 0 Å². The first kappa shape index (κ1) is 11.0. The summed E-state index contributed by atoms with van der Waals surface area (Å²) in [6.07, 6.45) is 6.97. The molecule has 0 bridgehead atoms. The molecule has 0 N–H and O–H groups in total. The summed E-state index contributed by atoms with van der Waals surface area (Å²) in [5.74, 6) is 1.34. The minimum atomic E-state index is 0.560. The van der Waals surface area contributed by atoms with E-state index in [1.54, 1.807) is 12.4 Å². The van der Waals surface area contributed by atoms with E-state index in [1.807, 2.05) is 0 Å². The third-order valence-corrected chi connectivity index (χ3v) is 3.07. The Morgan fingerprint density at radius 2 is 2.00 bits per heavy atom. The van der Waals surface area contributed by atoms with E-state index < -0.39 is 0 Å². The van der Waals surface area contributed by atoms with Crippen molar-refractivity contribution in [1.29, 1.82) is 0 Å². The van der Waals surface area contributed by atoms with E-state index in [1.165, 1.54) is 19.3 Å². The van der Waals surface area contributed by atoms with Crippen molar-refractivity contribution < 1.29 is 0 Å². The maximum absolute atomic E-state index is 5.78. The lowest BCUT2D eigenvalue weighted by molar-refractivity contribution is 0.386. The predicted octanol–water partition coefficient (Wildman–Crippen LogP) is 2.73. The second kappa shape index (κ2) is 4.99. The van der Waals surface area contributed by atoms with Crippen LogP contribution in [0.15, 0.2) is 12.4 Å². The fraction of sp³-hybridized carbons (Fsp3) is 0.600. The van der Waals surface area contributed by atoms with Crippen LogP contribution in [0.4, 0.5) is 5.95 Å². The Kier molecular flexibility index (Phi) is 3.65.